The van der Waals surface area contributed by atoms with Gasteiger partial charge in [-0.05, 0) is 69.0 Å². The Labute approximate surface area is 212 Å². The molecule has 4 aliphatic carbocycles. The van der Waals surface area contributed by atoms with E-state index in [2.05, 4.69) is 10.2 Å². The minimum atomic E-state index is -1.26. The van der Waals surface area contributed by atoms with E-state index in [0.29, 0.717) is 24.5 Å². The summed E-state index contributed by atoms with van der Waals surface area (Å²) in [5, 5.41) is 26.6. The van der Waals surface area contributed by atoms with Crippen LogP contribution in [0.3, 0.4) is 0 Å². The van der Waals surface area contributed by atoms with Gasteiger partial charge >= 0.3 is 0 Å². The molecule has 1 aromatic carbocycles. The van der Waals surface area contributed by atoms with Crippen molar-refractivity contribution < 1.29 is 24.5 Å². The third-order valence-corrected chi connectivity index (χ3v) is 10.4. The van der Waals surface area contributed by atoms with E-state index in [-0.39, 0.29) is 35.9 Å². The van der Waals surface area contributed by atoms with E-state index in [1.54, 1.807) is 6.07 Å². The van der Waals surface area contributed by atoms with Crippen molar-refractivity contribution in [2.45, 2.75) is 106 Å². The highest BCUT2D eigenvalue weighted by Gasteiger charge is 2.75. The number of amides is 1. The van der Waals surface area contributed by atoms with Gasteiger partial charge in [-0.25, -0.2) is 0 Å². The van der Waals surface area contributed by atoms with Crippen LogP contribution in [0.25, 0.3) is 0 Å². The first-order valence-electron chi connectivity index (χ1n) is 14.2. The molecule has 1 saturated heterocycles. The number of benzene rings is 1. The number of rotatable bonds is 4. The molecule has 0 radical (unpaired) electrons. The Hall–Kier alpha value is -2.12. The molecule has 6 aliphatic rings. The zero-order valence-corrected chi connectivity index (χ0v) is 21.0. The fraction of sp³-hybridized carbons (Fsp3) is 0.724. The summed E-state index contributed by atoms with van der Waals surface area (Å²) < 4.78 is 6.26. The number of nitrogens with one attached hydrogen (secondary N) is 1. The van der Waals surface area contributed by atoms with Gasteiger partial charge in [0.1, 0.15) is 5.92 Å². The molecule has 3 N–H and O–H groups in total. The predicted octanol–water partition coefficient (Wildman–Crippen LogP) is 2.98. The number of carbonyl (C=O) groups is 2. The lowest BCUT2D eigenvalue weighted by atomic mass is 9.47. The molecule has 2 bridgehead atoms. The van der Waals surface area contributed by atoms with Crippen LogP contribution in [0.15, 0.2) is 12.1 Å². The quantitative estimate of drug-likeness (QED) is 0.557. The fourth-order valence-electron chi connectivity index (χ4n) is 8.43. The second-order valence-corrected chi connectivity index (χ2v) is 12.5. The van der Waals surface area contributed by atoms with E-state index in [9.17, 15) is 19.8 Å². The van der Waals surface area contributed by atoms with E-state index < -0.39 is 23.0 Å². The van der Waals surface area contributed by atoms with Crippen LogP contribution in [0.2, 0.25) is 0 Å². The van der Waals surface area contributed by atoms with Gasteiger partial charge in [0.05, 0.1) is 11.0 Å². The predicted molar refractivity (Wildman–Crippen MR) is 133 cm³/mol. The van der Waals surface area contributed by atoms with Crippen molar-refractivity contribution in [1.82, 2.24) is 10.2 Å². The maximum Gasteiger partial charge on any atom is 0.231 e. The first-order valence-corrected chi connectivity index (χ1v) is 14.2. The van der Waals surface area contributed by atoms with Gasteiger partial charge in [-0.1, -0.05) is 38.2 Å². The van der Waals surface area contributed by atoms with Crippen molar-refractivity contribution in [2.24, 2.45) is 11.8 Å². The van der Waals surface area contributed by atoms with E-state index in [1.165, 1.54) is 32.1 Å². The normalized spacial score (nSPS) is 38.0. The maximum atomic E-state index is 14.0. The van der Waals surface area contributed by atoms with Crippen molar-refractivity contribution in [3.05, 3.63) is 23.3 Å². The molecule has 0 aromatic heterocycles. The van der Waals surface area contributed by atoms with Gasteiger partial charge in [0, 0.05) is 24.2 Å². The third kappa shape index (κ3) is 3.17. The molecule has 194 valence electrons. The van der Waals surface area contributed by atoms with Crippen molar-refractivity contribution in [3.63, 3.8) is 0 Å². The molecule has 1 unspecified atom stereocenters. The number of likely N-dealkylation sites (tertiary alicyclic amines) is 1. The molecule has 7 nitrogen and oxygen atoms in total. The molecule has 36 heavy (non-hydrogen) atoms. The monoisotopic (exact) mass is 494 g/mol. The van der Waals surface area contributed by atoms with Crippen molar-refractivity contribution in [3.8, 4) is 11.5 Å². The van der Waals surface area contributed by atoms with E-state index in [1.807, 2.05) is 6.07 Å². The number of carbonyl (C=O) groups excluding carboxylic acids is 2. The van der Waals surface area contributed by atoms with Gasteiger partial charge in [-0.15, -0.1) is 0 Å². The lowest BCUT2D eigenvalue weighted by Crippen LogP contribution is -2.78. The van der Waals surface area contributed by atoms with Gasteiger partial charge in [-0.3, -0.25) is 14.5 Å². The summed E-state index contributed by atoms with van der Waals surface area (Å²) in [6.45, 7) is 1.76. The highest BCUT2D eigenvalue weighted by Crippen LogP contribution is 2.65. The average Bonchev–Trinajstić information content (AvgIpc) is 3.57. The second kappa shape index (κ2) is 8.19. The second-order valence-electron chi connectivity index (χ2n) is 12.5. The Morgan fingerprint density at radius 3 is 2.61 bits per heavy atom. The Morgan fingerprint density at radius 1 is 1.11 bits per heavy atom. The minimum absolute atomic E-state index is 0.0158. The fourth-order valence-corrected chi connectivity index (χ4v) is 8.43. The van der Waals surface area contributed by atoms with E-state index in [4.69, 9.17) is 4.74 Å². The van der Waals surface area contributed by atoms with Gasteiger partial charge in [0.25, 0.3) is 0 Å². The zero-order valence-electron chi connectivity index (χ0n) is 21.0. The Kier molecular flexibility index (Phi) is 5.24. The number of hydrogen-bond acceptors (Lipinski definition) is 6. The van der Waals surface area contributed by atoms with Crippen LogP contribution in [0.5, 0.6) is 11.5 Å². The Morgan fingerprint density at radius 2 is 1.86 bits per heavy atom. The minimum Gasteiger partial charge on any atom is -0.504 e. The molecule has 5 atom stereocenters. The smallest absolute Gasteiger partial charge is 0.231 e. The number of ether oxygens (including phenoxy) is 1. The summed E-state index contributed by atoms with van der Waals surface area (Å²) in [6.07, 6.45) is 10.6. The molecular formula is C29H38N2O5. The number of Topliss-reactive ketones (excluding diaryl/α,β-unsaturated/α-hetero) is 1. The van der Waals surface area contributed by atoms with Crippen molar-refractivity contribution in [1.29, 1.82) is 0 Å². The molecule has 2 aliphatic heterocycles. The number of nitrogens with zero attached hydrogens (tertiary/aromatic N) is 1. The van der Waals surface area contributed by atoms with Crippen LogP contribution in [0, 0.1) is 11.8 Å². The van der Waals surface area contributed by atoms with E-state index >= 15 is 0 Å². The van der Waals surface area contributed by atoms with Crippen LogP contribution >= 0.6 is 0 Å². The summed E-state index contributed by atoms with van der Waals surface area (Å²) in [5.41, 5.74) is -0.267. The molecule has 7 heteroatoms. The van der Waals surface area contributed by atoms with Gasteiger partial charge in [-0.2, -0.15) is 0 Å². The maximum absolute atomic E-state index is 14.0. The van der Waals surface area contributed by atoms with Crippen LogP contribution in [-0.4, -0.2) is 63.7 Å². The van der Waals surface area contributed by atoms with Crippen molar-refractivity contribution >= 4 is 11.7 Å². The van der Waals surface area contributed by atoms with Gasteiger partial charge in [0.2, 0.25) is 5.91 Å². The molecule has 1 aromatic rings. The highest BCUT2D eigenvalue weighted by atomic mass is 16.5. The van der Waals surface area contributed by atoms with Crippen LogP contribution < -0.4 is 10.1 Å². The Bertz CT molecular complexity index is 1090. The topological polar surface area (TPSA) is 99.1 Å². The van der Waals surface area contributed by atoms with Crippen molar-refractivity contribution in [2.75, 3.05) is 13.1 Å². The highest BCUT2D eigenvalue weighted by molar-refractivity contribution is 6.06. The molecule has 2 heterocycles. The number of phenols is 1. The van der Waals surface area contributed by atoms with Gasteiger partial charge < -0.3 is 20.3 Å². The number of phenolic OH excluding ortho intramolecular Hbond substituents is 1. The number of ketones is 1. The molecule has 1 amide bonds. The molecule has 7 rings (SSSR count). The van der Waals surface area contributed by atoms with E-state index in [0.717, 1.165) is 49.9 Å². The molecule has 3 saturated carbocycles. The molecular weight excluding hydrogens is 456 g/mol. The summed E-state index contributed by atoms with van der Waals surface area (Å²) in [4.78, 5) is 30.1. The van der Waals surface area contributed by atoms with Crippen LogP contribution in [-0.2, 0) is 21.4 Å². The molecule has 1 spiro atoms. The number of hydrogen-bond donors (Lipinski definition) is 3. The SMILES string of the molecule is O=C(NC1CCCCCCC1)C1C[C@@]2(O)[C@H]3Cc4ccc(O)c5c4[C@@]2(CCN3CC2CC2)[C@@H](O5)C1=O. The number of aliphatic hydroxyl groups is 1. The van der Waals surface area contributed by atoms with Crippen LogP contribution in [0.4, 0.5) is 0 Å². The lowest BCUT2D eigenvalue weighted by molar-refractivity contribution is -0.198. The van der Waals surface area contributed by atoms with Gasteiger partial charge in [0.15, 0.2) is 23.4 Å². The summed E-state index contributed by atoms with van der Waals surface area (Å²) in [6, 6.07) is 3.51. The first kappa shape index (κ1) is 23.0. The summed E-state index contributed by atoms with van der Waals surface area (Å²) >= 11 is 0. The molecule has 4 fully saturated rings. The Balaban J connectivity index is 1.26. The standard InChI is InChI=1S/C29H38N2O5/c32-21-11-10-18-14-22-29(35)15-20(27(34)30-19-6-4-2-1-3-5-7-19)24(33)26-28(29,23(18)25(21)36-26)12-13-31(22)16-17-8-9-17/h10-11,17,19-20,22,26,32,35H,1-9,12-16H2,(H,30,34)/t20?,22-,26+,28+,29-/m1/s1. The number of piperidine rings is 1. The summed E-state index contributed by atoms with van der Waals surface area (Å²) in [7, 11) is 0. The summed E-state index contributed by atoms with van der Waals surface area (Å²) in [5.74, 6) is -0.378. The first-order chi connectivity index (χ1) is 17.4. The number of aromatic hydroxyl groups is 1. The average molecular weight is 495 g/mol. The zero-order chi connectivity index (χ0) is 24.7. The van der Waals surface area contributed by atoms with Crippen LogP contribution in [0.1, 0.15) is 81.8 Å². The lowest BCUT2D eigenvalue weighted by Gasteiger charge is -2.63. The largest absolute Gasteiger partial charge is 0.504 e. The third-order valence-electron chi connectivity index (χ3n) is 10.4.